The van der Waals surface area contributed by atoms with Crippen molar-refractivity contribution in [2.24, 2.45) is 28.9 Å². The summed E-state index contributed by atoms with van der Waals surface area (Å²) in [6.07, 6.45) is 5.96. The van der Waals surface area contributed by atoms with Gasteiger partial charge in [0.15, 0.2) is 0 Å². The minimum atomic E-state index is 0. The molecule has 2 aliphatic rings. The molecule has 2 saturated carbocycles. The molecule has 2 rings (SSSR count). The van der Waals surface area contributed by atoms with E-state index in [0.29, 0.717) is 23.9 Å². The molecule has 20 heavy (non-hydrogen) atoms. The Bertz CT molecular complexity index is 326. The minimum Gasteiger partial charge on any atom is -0.353 e. The fraction of sp³-hybridized carbons (Fsp3) is 0.938. The van der Waals surface area contributed by atoms with Crippen LogP contribution < -0.4 is 11.1 Å². The molecule has 0 spiro atoms. The third-order valence-corrected chi connectivity index (χ3v) is 5.38. The molecule has 3 nitrogen and oxygen atoms in total. The van der Waals surface area contributed by atoms with Crippen LogP contribution in [-0.4, -0.2) is 18.0 Å². The molecule has 1 amide bonds. The van der Waals surface area contributed by atoms with E-state index in [1.54, 1.807) is 0 Å². The molecule has 0 aromatic heterocycles. The minimum absolute atomic E-state index is 0. The number of fused-ring (bicyclic) bond motifs is 2. The molecule has 0 aliphatic heterocycles. The zero-order chi connectivity index (χ0) is 14.2. The molecule has 3 N–H and O–H groups in total. The lowest BCUT2D eigenvalue weighted by molar-refractivity contribution is -0.129. The number of halogens is 1. The maximum Gasteiger partial charge on any atom is 0.223 e. The highest BCUT2D eigenvalue weighted by Gasteiger charge is 2.41. The summed E-state index contributed by atoms with van der Waals surface area (Å²) in [4.78, 5) is 12.4. The van der Waals surface area contributed by atoms with Gasteiger partial charge < -0.3 is 11.1 Å². The first-order chi connectivity index (χ1) is 8.79. The smallest absolute Gasteiger partial charge is 0.223 e. The van der Waals surface area contributed by atoms with Gasteiger partial charge in [-0.15, -0.1) is 12.4 Å². The number of amides is 1. The molecule has 118 valence electrons. The summed E-state index contributed by atoms with van der Waals surface area (Å²) in [6.45, 7) is 8.44. The van der Waals surface area contributed by atoms with E-state index >= 15 is 0 Å². The van der Waals surface area contributed by atoms with Crippen LogP contribution in [0.3, 0.4) is 0 Å². The van der Waals surface area contributed by atoms with E-state index in [4.69, 9.17) is 5.73 Å². The van der Waals surface area contributed by atoms with Gasteiger partial charge in [0.25, 0.3) is 0 Å². The van der Waals surface area contributed by atoms with E-state index < -0.39 is 0 Å². The first-order valence-electron chi connectivity index (χ1n) is 7.85. The molecule has 2 bridgehead atoms. The van der Waals surface area contributed by atoms with Gasteiger partial charge in [-0.05, 0) is 42.9 Å². The zero-order valence-corrected chi connectivity index (χ0v) is 14.1. The Hall–Kier alpha value is -0.280. The van der Waals surface area contributed by atoms with Crippen LogP contribution >= 0.6 is 12.4 Å². The number of nitrogens with two attached hydrogens (primary N) is 1. The van der Waals surface area contributed by atoms with Crippen LogP contribution in [0, 0.1) is 23.2 Å². The maximum atomic E-state index is 12.4. The second-order valence-corrected chi connectivity index (χ2v) is 7.80. The standard InChI is InChI=1S/C16H30N2O.ClH/c1-10(16(2,3)4)15(19)18-14-11-6-5-7-12(14)9-13(17)8-11;/h10-14H,5-9,17H2,1-4H3,(H,18,19);1H. The van der Waals surface area contributed by atoms with E-state index in [1.165, 1.54) is 19.3 Å². The quantitative estimate of drug-likeness (QED) is 0.823. The van der Waals surface area contributed by atoms with Crippen LogP contribution in [0.15, 0.2) is 0 Å². The molecule has 0 radical (unpaired) electrons. The fourth-order valence-corrected chi connectivity index (χ4v) is 3.71. The summed E-state index contributed by atoms with van der Waals surface area (Å²) in [7, 11) is 0. The van der Waals surface area contributed by atoms with E-state index in [1.807, 2.05) is 6.92 Å². The normalized spacial score (nSPS) is 34.9. The summed E-state index contributed by atoms with van der Waals surface area (Å²) >= 11 is 0. The average Bonchev–Trinajstić information content (AvgIpc) is 2.28. The Kier molecular flexibility index (Phi) is 5.91. The summed E-state index contributed by atoms with van der Waals surface area (Å²) in [5, 5.41) is 3.35. The van der Waals surface area contributed by atoms with Crippen LogP contribution in [0.5, 0.6) is 0 Å². The van der Waals surface area contributed by atoms with Crippen molar-refractivity contribution < 1.29 is 4.79 Å². The Morgan fingerprint density at radius 1 is 1.20 bits per heavy atom. The number of hydrogen-bond donors (Lipinski definition) is 2. The SMILES string of the molecule is CC(C(=O)NC1C2CCCC1CC(N)C2)C(C)(C)C.Cl. The summed E-state index contributed by atoms with van der Waals surface area (Å²) in [5.41, 5.74) is 6.17. The Morgan fingerprint density at radius 3 is 2.15 bits per heavy atom. The molecule has 0 heterocycles. The van der Waals surface area contributed by atoms with E-state index in [0.717, 1.165) is 12.8 Å². The Morgan fingerprint density at radius 2 is 1.70 bits per heavy atom. The lowest BCUT2D eigenvalue weighted by Crippen LogP contribution is -2.55. The third kappa shape index (κ3) is 3.88. The average molecular weight is 303 g/mol. The van der Waals surface area contributed by atoms with Gasteiger partial charge in [-0.2, -0.15) is 0 Å². The van der Waals surface area contributed by atoms with Gasteiger partial charge in [0, 0.05) is 18.0 Å². The van der Waals surface area contributed by atoms with Crippen molar-refractivity contribution in [1.29, 1.82) is 0 Å². The molecule has 3 unspecified atom stereocenters. The summed E-state index contributed by atoms with van der Waals surface area (Å²) in [6, 6.07) is 0.731. The Balaban J connectivity index is 0.00000200. The predicted octanol–water partition coefficient (Wildman–Crippen LogP) is 3.11. The first-order valence-corrected chi connectivity index (χ1v) is 7.85. The van der Waals surface area contributed by atoms with Gasteiger partial charge in [-0.25, -0.2) is 0 Å². The summed E-state index contributed by atoms with van der Waals surface area (Å²) in [5.74, 6) is 1.51. The largest absolute Gasteiger partial charge is 0.353 e. The van der Waals surface area contributed by atoms with E-state index in [2.05, 4.69) is 26.1 Å². The predicted molar refractivity (Wildman–Crippen MR) is 85.8 cm³/mol. The van der Waals surface area contributed by atoms with Crippen LogP contribution in [0.1, 0.15) is 59.8 Å². The highest BCUT2D eigenvalue weighted by molar-refractivity contribution is 5.85. The first kappa shape index (κ1) is 17.8. The van der Waals surface area contributed by atoms with Crippen molar-refractivity contribution in [1.82, 2.24) is 5.32 Å². The molecule has 4 heteroatoms. The van der Waals surface area contributed by atoms with Crippen molar-refractivity contribution >= 4 is 18.3 Å². The zero-order valence-electron chi connectivity index (χ0n) is 13.3. The summed E-state index contributed by atoms with van der Waals surface area (Å²) < 4.78 is 0. The van der Waals surface area contributed by atoms with Gasteiger partial charge in [-0.3, -0.25) is 4.79 Å². The molecule has 2 fully saturated rings. The number of rotatable bonds is 2. The van der Waals surface area contributed by atoms with Crippen LogP contribution in [0.2, 0.25) is 0 Å². The van der Waals surface area contributed by atoms with Crippen LogP contribution in [-0.2, 0) is 4.79 Å². The molecule has 0 aromatic carbocycles. The van der Waals surface area contributed by atoms with Crippen LogP contribution in [0.4, 0.5) is 0 Å². The molecule has 0 aromatic rings. The second-order valence-electron chi connectivity index (χ2n) is 7.80. The number of carbonyl (C=O) groups is 1. The maximum absolute atomic E-state index is 12.4. The number of carbonyl (C=O) groups excluding carboxylic acids is 1. The highest BCUT2D eigenvalue weighted by atomic mass is 35.5. The number of hydrogen-bond acceptors (Lipinski definition) is 2. The molecule has 3 atom stereocenters. The van der Waals surface area contributed by atoms with E-state index in [9.17, 15) is 4.79 Å². The van der Waals surface area contributed by atoms with Crippen molar-refractivity contribution in [3.63, 3.8) is 0 Å². The van der Waals surface area contributed by atoms with Gasteiger partial charge in [0.1, 0.15) is 0 Å². The van der Waals surface area contributed by atoms with Gasteiger partial charge in [-0.1, -0.05) is 34.1 Å². The monoisotopic (exact) mass is 302 g/mol. The molecular weight excluding hydrogens is 272 g/mol. The highest BCUT2D eigenvalue weighted by Crippen LogP contribution is 2.40. The van der Waals surface area contributed by atoms with Gasteiger partial charge in [0.05, 0.1) is 0 Å². The molecule has 2 aliphatic carbocycles. The topological polar surface area (TPSA) is 55.1 Å². The van der Waals surface area contributed by atoms with Crippen molar-refractivity contribution in [2.45, 2.75) is 71.9 Å². The van der Waals surface area contributed by atoms with Crippen LogP contribution in [0.25, 0.3) is 0 Å². The van der Waals surface area contributed by atoms with E-state index in [-0.39, 0.29) is 29.6 Å². The van der Waals surface area contributed by atoms with Crippen molar-refractivity contribution in [3.05, 3.63) is 0 Å². The lowest BCUT2D eigenvalue weighted by Gasteiger charge is -2.46. The third-order valence-electron chi connectivity index (χ3n) is 5.38. The lowest BCUT2D eigenvalue weighted by atomic mass is 9.66. The molecular formula is C16H31ClN2O. The van der Waals surface area contributed by atoms with Crippen molar-refractivity contribution in [3.8, 4) is 0 Å². The Labute approximate surface area is 129 Å². The van der Waals surface area contributed by atoms with Crippen molar-refractivity contribution in [2.75, 3.05) is 0 Å². The van der Waals surface area contributed by atoms with Gasteiger partial charge >= 0.3 is 0 Å². The number of nitrogens with one attached hydrogen (secondary N) is 1. The van der Waals surface area contributed by atoms with Gasteiger partial charge in [0.2, 0.25) is 5.91 Å². The molecule has 0 saturated heterocycles. The second kappa shape index (κ2) is 6.65. The fourth-order valence-electron chi connectivity index (χ4n) is 3.71.